The lowest BCUT2D eigenvalue weighted by atomic mass is 10.0. The fraction of sp³-hybridized carbons (Fsp3) is 0.278. The van der Waals surface area contributed by atoms with Crippen LogP contribution in [-0.2, 0) is 6.18 Å². The van der Waals surface area contributed by atoms with Gasteiger partial charge in [0.15, 0.2) is 0 Å². The standard InChI is InChI=1S/C18H15F3N2O3S/c1-11-6-7-12(10-15(11)23(25)26)16(24)22-8-9-27-17(22)13-4-2-3-5-14(13)18(19,20)21/h2-7,10,17H,8-9H2,1H3. The second kappa shape index (κ2) is 7.22. The van der Waals surface area contributed by atoms with E-state index in [2.05, 4.69) is 0 Å². The highest BCUT2D eigenvalue weighted by Crippen LogP contribution is 2.44. The number of nitro groups is 1. The molecule has 3 rings (SSSR count). The average Bonchev–Trinajstić information content (AvgIpc) is 3.10. The molecular weight excluding hydrogens is 381 g/mol. The lowest BCUT2D eigenvalue weighted by Gasteiger charge is -2.26. The summed E-state index contributed by atoms with van der Waals surface area (Å²) in [7, 11) is 0. The minimum atomic E-state index is -4.53. The Balaban J connectivity index is 1.98. The molecule has 2 aromatic rings. The summed E-state index contributed by atoms with van der Waals surface area (Å²) in [5, 5.41) is 10.3. The van der Waals surface area contributed by atoms with E-state index in [4.69, 9.17) is 0 Å². The van der Waals surface area contributed by atoms with Gasteiger partial charge in [0.25, 0.3) is 11.6 Å². The van der Waals surface area contributed by atoms with E-state index in [9.17, 15) is 28.1 Å². The van der Waals surface area contributed by atoms with Crippen LogP contribution < -0.4 is 0 Å². The van der Waals surface area contributed by atoms with E-state index in [0.29, 0.717) is 11.3 Å². The molecule has 0 bridgehead atoms. The summed E-state index contributed by atoms with van der Waals surface area (Å²) in [5.74, 6) is -0.0404. The molecule has 1 amide bonds. The minimum absolute atomic E-state index is 0.0162. The molecule has 2 aromatic carbocycles. The van der Waals surface area contributed by atoms with Gasteiger partial charge in [0.2, 0.25) is 0 Å². The second-order valence-corrected chi connectivity index (χ2v) is 7.25. The minimum Gasteiger partial charge on any atom is -0.322 e. The summed E-state index contributed by atoms with van der Waals surface area (Å²) in [6.07, 6.45) is -4.53. The van der Waals surface area contributed by atoms with Crippen molar-refractivity contribution in [3.8, 4) is 0 Å². The molecule has 1 heterocycles. The molecule has 142 valence electrons. The number of hydrogen-bond acceptors (Lipinski definition) is 4. The predicted molar refractivity (Wildman–Crippen MR) is 95.5 cm³/mol. The van der Waals surface area contributed by atoms with Gasteiger partial charge >= 0.3 is 6.18 Å². The molecule has 27 heavy (non-hydrogen) atoms. The van der Waals surface area contributed by atoms with Crippen LogP contribution in [0, 0.1) is 17.0 Å². The van der Waals surface area contributed by atoms with Gasteiger partial charge in [0.05, 0.1) is 10.5 Å². The van der Waals surface area contributed by atoms with Gasteiger partial charge in [0, 0.05) is 29.5 Å². The number of rotatable bonds is 3. The Morgan fingerprint density at radius 1 is 1.26 bits per heavy atom. The van der Waals surface area contributed by atoms with Crippen LogP contribution in [0.25, 0.3) is 0 Å². The molecule has 1 aliphatic heterocycles. The van der Waals surface area contributed by atoms with Gasteiger partial charge in [-0.3, -0.25) is 14.9 Å². The molecule has 0 saturated carbocycles. The summed E-state index contributed by atoms with van der Waals surface area (Å²) in [4.78, 5) is 24.8. The summed E-state index contributed by atoms with van der Waals surface area (Å²) >= 11 is 1.24. The lowest BCUT2D eigenvalue weighted by molar-refractivity contribution is -0.385. The van der Waals surface area contributed by atoms with Crippen LogP contribution in [0.3, 0.4) is 0 Å². The number of alkyl halides is 3. The molecule has 5 nitrogen and oxygen atoms in total. The maximum atomic E-state index is 13.4. The van der Waals surface area contributed by atoms with Crippen molar-refractivity contribution in [1.29, 1.82) is 0 Å². The highest BCUT2D eigenvalue weighted by Gasteiger charge is 2.39. The van der Waals surface area contributed by atoms with Crippen LogP contribution in [0.4, 0.5) is 18.9 Å². The third-order valence-electron chi connectivity index (χ3n) is 4.34. The fourth-order valence-electron chi connectivity index (χ4n) is 3.01. The van der Waals surface area contributed by atoms with Gasteiger partial charge in [-0.25, -0.2) is 0 Å². The topological polar surface area (TPSA) is 63.5 Å². The molecule has 1 fully saturated rings. The number of hydrogen-bond donors (Lipinski definition) is 0. The number of nitro benzene ring substituents is 1. The monoisotopic (exact) mass is 396 g/mol. The number of carbonyl (C=O) groups excluding carboxylic acids is 1. The van der Waals surface area contributed by atoms with E-state index in [-0.39, 0.29) is 23.4 Å². The molecular formula is C18H15F3N2O3S. The van der Waals surface area contributed by atoms with E-state index in [1.165, 1.54) is 53.1 Å². The lowest BCUT2D eigenvalue weighted by Crippen LogP contribution is -2.31. The first-order valence-corrected chi connectivity index (χ1v) is 9.09. The van der Waals surface area contributed by atoms with Gasteiger partial charge in [0.1, 0.15) is 5.37 Å². The van der Waals surface area contributed by atoms with Crippen molar-refractivity contribution < 1.29 is 22.9 Å². The molecule has 0 N–H and O–H groups in total. The van der Waals surface area contributed by atoms with E-state index < -0.39 is 27.9 Å². The number of nitrogens with zero attached hydrogens (tertiary/aromatic N) is 2. The second-order valence-electron chi connectivity index (χ2n) is 6.07. The Kier molecular flexibility index (Phi) is 5.14. The quantitative estimate of drug-likeness (QED) is 0.552. The zero-order chi connectivity index (χ0) is 19.8. The summed E-state index contributed by atoms with van der Waals surface area (Å²) in [6.45, 7) is 1.82. The Morgan fingerprint density at radius 3 is 2.63 bits per heavy atom. The Morgan fingerprint density at radius 2 is 1.96 bits per heavy atom. The summed E-state index contributed by atoms with van der Waals surface area (Å²) in [6, 6.07) is 9.27. The SMILES string of the molecule is Cc1ccc(C(=O)N2CCSC2c2ccccc2C(F)(F)F)cc1[N+](=O)[O-]. The summed E-state index contributed by atoms with van der Waals surface area (Å²) in [5.41, 5.74) is -0.463. The van der Waals surface area contributed by atoms with Crippen molar-refractivity contribution in [3.63, 3.8) is 0 Å². The van der Waals surface area contributed by atoms with E-state index >= 15 is 0 Å². The largest absolute Gasteiger partial charge is 0.416 e. The first-order valence-electron chi connectivity index (χ1n) is 8.04. The maximum Gasteiger partial charge on any atom is 0.416 e. The number of carbonyl (C=O) groups is 1. The highest BCUT2D eigenvalue weighted by molar-refractivity contribution is 7.99. The van der Waals surface area contributed by atoms with Gasteiger partial charge in [-0.05, 0) is 24.6 Å². The highest BCUT2D eigenvalue weighted by atomic mass is 32.2. The predicted octanol–water partition coefficient (Wildman–Crippen LogP) is 4.81. The molecule has 1 aliphatic rings. The van der Waals surface area contributed by atoms with Gasteiger partial charge < -0.3 is 4.90 Å². The van der Waals surface area contributed by atoms with Crippen molar-refractivity contribution in [1.82, 2.24) is 4.90 Å². The number of halogens is 3. The van der Waals surface area contributed by atoms with Crippen molar-refractivity contribution >= 4 is 23.4 Å². The van der Waals surface area contributed by atoms with Crippen LogP contribution >= 0.6 is 11.8 Å². The first-order chi connectivity index (χ1) is 12.7. The molecule has 0 aromatic heterocycles. The number of thioether (sulfide) groups is 1. The van der Waals surface area contributed by atoms with Crippen molar-refractivity contribution in [3.05, 3.63) is 74.8 Å². The Bertz CT molecular complexity index is 902. The third kappa shape index (κ3) is 3.78. The first kappa shape index (κ1) is 19.2. The summed E-state index contributed by atoms with van der Waals surface area (Å²) < 4.78 is 40.1. The molecule has 0 spiro atoms. The third-order valence-corrected chi connectivity index (χ3v) is 5.58. The van der Waals surface area contributed by atoms with Gasteiger partial charge in [-0.1, -0.05) is 24.3 Å². The zero-order valence-electron chi connectivity index (χ0n) is 14.2. The van der Waals surface area contributed by atoms with Crippen LogP contribution in [-0.4, -0.2) is 28.0 Å². The van der Waals surface area contributed by atoms with Crippen LogP contribution in [0.1, 0.15) is 32.4 Å². The van der Waals surface area contributed by atoms with E-state index in [1.807, 2.05) is 0 Å². The maximum absolute atomic E-state index is 13.4. The fourth-order valence-corrected chi connectivity index (χ4v) is 4.30. The molecule has 1 unspecified atom stereocenters. The van der Waals surface area contributed by atoms with Crippen molar-refractivity contribution in [2.45, 2.75) is 18.5 Å². The normalized spacial score (nSPS) is 17.2. The van der Waals surface area contributed by atoms with Crippen LogP contribution in [0.15, 0.2) is 42.5 Å². The van der Waals surface area contributed by atoms with Crippen LogP contribution in [0.5, 0.6) is 0 Å². The van der Waals surface area contributed by atoms with Crippen LogP contribution in [0.2, 0.25) is 0 Å². The smallest absolute Gasteiger partial charge is 0.322 e. The van der Waals surface area contributed by atoms with E-state index in [0.717, 1.165) is 6.07 Å². The molecule has 0 radical (unpaired) electrons. The molecule has 1 saturated heterocycles. The van der Waals surface area contributed by atoms with E-state index in [1.54, 1.807) is 6.92 Å². The van der Waals surface area contributed by atoms with Gasteiger partial charge in [-0.15, -0.1) is 11.8 Å². The number of benzene rings is 2. The van der Waals surface area contributed by atoms with Gasteiger partial charge in [-0.2, -0.15) is 13.2 Å². The molecule has 0 aliphatic carbocycles. The average molecular weight is 396 g/mol. The number of aryl methyl sites for hydroxylation is 1. The zero-order valence-corrected chi connectivity index (χ0v) is 15.0. The van der Waals surface area contributed by atoms with Crippen molar-refractivity contribution in [2.75, 3.05) is 12.3 Å². The Labute approximate surface area is 157 Å². The number of amides is 1. The Hall–Kier alpha value is -2.55. The van der Waals surface area contributed by atoms with Crippen molar-refractivity contribution in [2.24, 2.45) is 0 Å². The molecule has 1 atom stereocenters. The molecule has 9 heteroatoms.